The van der Waals surface area contributed by atoms with Gasteiger partial charge in [0.2, 0.25) is 0 Å². The maximum Gasteiger partial charge on any atom is 0.0899 e. The van der Waals surface area contributed by atoms with Gasteiger partial charge in [-0.15, -0.1) is 0 Å². The molecule has 0 aliphatic carbocycles. The summed E-state index contributed by atoms with van der Waals surface area (Å²) in [6, 6.07) is 0. The molecule has 0 saturated heterocycles. The molecule has 0 aromatic carbocycles. The molecule has 0 amide bonds. The number of hydrogen-bond donors (Lipinski definition) is 0. The summed E-state index contributed by atoms with van der Waals surface area (Å²) < 4.78 is 12.5. The van der Waals surface area contributed by atoms with Gasteiger partial charge in [0.15, 0.2) is 0 Å². The van der Waals surface area contributed by atoms with E-state index < -0.39 is 0 Å². The molecule has 0 aromatic heterocycles. The van der Waals surface area contributed by atoms with Gasteiger partial charge >= 0.3 is 0 Å². The second-order valence-electron chi connectivity index (χ2n) is 4.98. The van der Waals surface area contributed by atoms with Crippen LogP contribution >= 0.6 is 0 Å². The number of alkyl halides is 1. The number of halogens is 1. The van der Waals surface area contributed by atoms with Crippen LogP contribution in [0.2, 0.25) is 0 Å². The SMILES string of the molecule is CCCC(CC)(CCF)CCC(C)C. The molecule has 0 heterocycles. The van der Waals surface area contributed by atoms with Crippen molar-refractivity contribution in [1.29, 1.82) is 0 Å². The van der Waals surface area contributed by atoms with E-state index in [1.807, 2.05) is 0 Å². The van der Waals surface area contributed by atoms with Gasteiger partial charge in [0.1, 0.15) is 0 Å². The first-order chi connectivity index (χ1) is 6.60. The summed E-state index contributed by atoms with van der Waals surface area (Å²) >= 11 is 0. The Labute approximate surface area is 89.3 Å². The highest BCUT2D eigenvalue weighted by molar-refractivity contribution is 4.77. The first kappa shape index (κ1) is 13.9. The van der Waals surface area contributed by atoms with Crippen LogP contribution in [0.4, 0.5) is 4.39 Å². The summed E-state index contributed by atoms with van der Waals surface area (Å²) in [6.45, 7) is 8.78. The molecule has 0 aliphatic heterocycles. The fourth-order valence-corrected chi connectivity index (χ4v) is 2.23. The lowest BCUT2D eigenvalue weighted by Gasteiger charge is -2.32. The van der Waals surface area contributed by atoms with Gasteiger partial charge in [-0.1, -0.05) is 47.0 Å². The van der Waals surface area contributed by atoms with Crippen molar-refractivity contribution in [2.24, 2.45) is 11.3 Å². The second-order valence-corrected chi connectivity index (χ2v) is 4.98. The molecule has 86 valence electrons. The van der Waals surface area contributed by atoms with Crippen molar-refractivity contribution in [2.75, 3.05) is 6.67 Å². The van der Waals surface area contributed by atoms with Crippen LogP contribution in [0.3, 0.4) is 0 Å². The monoisotopic (exact) mass is 202 g/mol. The van der Waals surface area contributed by atoms with Gasteiger partial charge in [-0.05, 0) is 30.6 Å². The lowest BCUT2D eigenvalue weighted by molar-refractivity contribution is 0.173. The van der Waals surface area contributed by atoms with Crippen molar-refractivity contribution >= 4 is 0 Å². The van der Waals surface area contributed by atoms with Gasteiger partial charge < -0.3 is 0 Å². The van der Waals surface area contributed by atoms with Crippen molar-refractivity contribution in [3.05, 3.63) is 0 Å². The highest BCUT2D eigenvalue weighted by Gasteiger charge is 2.26. The molecule has 0 N–H and O–H groups in total. The summed E-state index contributed by atoms with van der Waals surface area (Å²) in [5.41, 5.74) is 0.299. The van der Waals surface area contributed by atoms with E-state index in [1.54, 1.807) is 0 Å². The molecule has 1 atom stereocenters. The number of rotatable bonds is 8. The zero-order valence-electron chi connectivity index (χ0n) is 10.4. The van der Waals surface area contributed by atoms with Crippen molar-refractivity contribution in [3.63, 3.8) is 0 Å². The van der Waals surface area contributed by atoms with Crippen LogP contribution < -0.4 is 0 Å². The molecule has 0 aliphatic rings. The van der Waals surface area contributed by atoms with Crippen LogP contribution in [0.25, 0.3) is 0 Å². The summed E-state index contributed by atoms with van der Waals surface area (Å²) in [5.74, 6) is 0.748. The van der Waals surface area contributed by atoms with Crippen LogP contribution in [-0.2, 0) is 0 Å². The molecule has 0 bridgehead atoms. The van der Waals surface area contributed by atoms with Crippen molar-refractivity contribution in [1.82, 2.24) is 0 Å². The molecular weight excluding hydrogens is 175 g/mol. The molecule has 0 rings (SSSR count). The Hall–Kier alpha value is -0.0700. The van der Waals surface area contributed by atoms with Crippen molar-refractivity contribution in [2.45, 2.75) is 66.2 Å². The van der Waals surface area contributed by atoms with Crippen LogP contribution in [0, 0.1) is 11.3 Å². The Balaban J connectivity index is 4.17. The highest BCUT2D eigenvalue weighted by Crippen LogP contribution is 2.38. The number of hydrogen-bond acceptors (Lipinski definition) is 0. The predicted molar refractivity (Wildman–Crippen MR) is 62.3 cm³/mol. The zero-order chi connectivity index (χ0) is 11.0. The van der Waals surface area contributed by atoms with Gasteiger partial charge in [0.25, 0.3) is 0 Å². The van der Waals surface area contributed by atoms with Gasteiger partial charge in [-0.2, -0.15) is 0 Å². The van der Waals surface area contributed by atoms with E-state index in [4.69, 9.17) is 0 Å². The minimum absolute atomic E-state index is 0.147. The smallest absolute Gasteiger partial charge is 0.0899 e. The molecule has 0 spiro atoms. The predicted octanol–water partition coefficient (Wildman–Crippen LogP) is 4.98. The molecule has 14 heavy (non-hydrogen) atoms. The van der Waals surface area contributed by atoms with E-state index in [0.717, 1.165) is 18.8 Å². The molecule has 0 aromatic rings. The molecular formula is C13H27F. The third kappa shape index (κ3) is 4.97. The van der Waals surface area contributed by atoms with Gasteiger partial charge in [0, 0.05) is 0 Å². The highest BCUT2D eigenvalue weighted by atomic mass is 19.1. The minimum Gasteiger partial charge on any atom is -0.251 e. The third-order valence-corrected chi connectivity index (χ3v) is 3.41. The molecule has 1 unspecified atom stereocenters. The maximum atomic E-state index is 12.5. The molecule has 0 saturated carbocycles. The molecule has 1 heteroatoms. The first-order valence-corrected chi connectivity index (χ1v) is 6.16. The lowest BCUT2D eigenvalue weighted by Crippen LogP contribution is -2.21. The van der Waals surface area contributed by atoms with Crippen LogP contribution in [0.1, 0.15) is 66.2 Å². The molecule has 0 fully saturated rings. The van der Waals surface area contributed by atoms with Gasteiger partial charge in [-0.3, -0.25) is 4.39 Å². The van der Waals surface area contributed by atoms with Crippen molar-refractivity contribution in [3.8, 4) is 0 Å². The summed E-state index contributed by atoms with van der Waals surface area (Å²) in [5, 5.41) is 0. The molecule has 0 nitrogen and oxygen atoms in total. The Kier molecular flexibility index (Phi) is 7.22. The fraction of sp³-hybridized carbons (Fsp3) is 1.00. The lowest BCUT2D eigenvalue weighted by atomic mass is 9.73. The maximum absolute atomic E-state index is 12.5. The summed E-state index contributed by atoms with van der Waals surface area (Å²) in [4.78, 5) is 0. The van der Waals surface area contributed by atoms with Crippen LogP contribution in [0.5, 0.6) is 0 Å². The summed E-state index contributed by atoms with van der Waals surface area (Å²) in [6.07, 6.45) is 6.74. The Morgan fingerprint density at radius 2 is 1.71 bits per heavy atom. The van der Waals surface area contributed by atoms with Crippen LogP contribution in [-0.4, -0.2) is 6.67 Å². The quantitative estimate of drug-likeness (QED) is 0.521. The first-order valence-electron chi connectivity index (χ1n) is 6.16. The average molecular weight is 202 g/mol. The minimum atomic E-state index is -0.147. The average Bonchev–Trinajstić information content (AvgIpc) is 2.15. The normalized spacial score (nSPS) is 15.9. The van der Waals surface area contributed by atoms with E-state index >= 15 is 0 Å². The molecule has 0 radical (unpaired) electrons. The zero-order valence-corrected chi connectivity index (χ0v) is 10.4. The van der Waals surface area contributed by atoms with Crippen LogP contribution in [0.15, 0.2) is 0 Å². The van der Waals surface area contributed by atoms with E-state index in [9.17, 15) is 4.39 Å². The topological polar surface area (TPSA) is 0 Å². The summed E-state index contributed by atoms with van der Waals surface area (Å²) in [7, 11) is 0. The van der Waals surface area contributed by atoms with E-state index in [1.165, 1.54) is 25.7 Å². The Bertz CT molecular complexity index is 123. The Morgan fingerprint density at radius 1 is 1.07 bits per heavy atom. The Morgan fingerprint density at radius 3 is 2.07 bits per heavy atom. The van der Waals surface area contributed by atoms with E-state index in [-0.39, 0.29) is 6.67 Å². The van der Waals surface area contributed by atoms with E-state index in [2.05, 4.69) is 27.7 Å². The van der Waals surface area contributed by atoms with Crippen molar-refractivity contribution < 1.29 is 4.39 Å². The van der Waals surface area contributed by atoms with Gasteiger partial charge in [-0.25, -0.2) is 0 Å². The van der Waals surface area contributed by atoms with E-state index in [0.29, 0.717) is 5.41 Å². The largest absolute Gasteiger partial charge is 0.251 e. The third-order valence-electron chi connectivity index (χ3n) is 3.41. The fourth-order valence-electron chi connectivity index (χ4n) is 2.23. The second kappa shape index (κ2) is 7.25. The standard InChI is InChI=1S/C13H27F/c1-5-8-13(6-2,10-11-14)9-7-12(3)4/h12H,5-11H2,1-4H3. The van der Waals surface area contributed by atoms with Gasteiger partial charge in [0.05, 0.1) is 6.67 Å².